The predicted molar refractivity (Wildman–Crippen MR) is 76.5 cm³/mol. The molecule has 1 saturated carbocycles. The van der Waals surface area contributed by atoms with Gasteiger partial charge in [0, 0.05) is 26.3 Å². The van der Waals surface area contributed by atoms with Crippen LogP contribution in [0.2, 0.25) is 0 Å². The lowest BCUT2D eigenvalue weighted by Gasteiger charge is -2.13. The summed E-state index contributed by atoms with van der Waals surface area (Å²) in [6.45, 7) is 7.07. The van der Waals surface area contributed by atoms with E-state index in [0.717, 1.165) is 57.8 Å². The Labute approximate surface area is 116 Å². The average Bonchev–Trinajstić information content (AvgIpc) is 3.09. The third-order valence-electron chi connectivity index (χ3n) is 3.41. The van der Waals surface area contributed by atoms with Crippen LogP contribution in [0.1, 0.15) is 32.6 Å². The smallest absolute Gasteiger partial charge is 0.191 e. The molecule has 5 nitrogen and oxygen atoms in total. The van der Waals surface area contributed by atoms with E-state index in [1.165, 1.54) is 19.3 Å². The van der Waals surface area contributed by atoms with Crippen LogP contribution in [-0.2, 0) is 9.47 Å². The summed E-state index contributed by atoms with van der Waals surface area (Å²) in [6.07, 6.45) is 5.30. The van der Waals surface area contributed by atoms with E-state index in [9.17, 15) is 0 Å². The highest BCUT2D eigenvalue weighted by Gasteiger charge is 2.20. The molecule has 0 aromatic rings. The summed E-state index contributed by atoms with van der Waals surface area (Å²) in [5.41, 5.74) is 0. The van der Waals surface area contributed by atoms with Crippen LogP contribution < -0.4 is 10.6 Å². The quantitative estimate of drug-likeness (QED) is 0.394. The summed E-state index contributed by atoms with van der Waals surface area (Å²) in [6, 6.07) is 0. The van der Waals surface area contributed by atoms with E-state index in [-0.39, 0.29) is 0 Å². The summed E-state index contributed by atoms with van der Waals surface area (Å²) in [7, 11) is 0. The normalized spacial score (nSPS) is 23.6. The number of nitrogens with one attached hydrogen (secondary N) is 2. The van der Waals surface area contributed by atoms with Crippen LogP contribution in [0.4, 0.5) is 0 Å². The van der Waals surface area contributed by atoms with E-state index in [1.54, 1.807) is 0 Å². The highest BCUT2D eigenvalue weighted by atomic mass is 16.5. The minimum Gasteiger partial charge on any atom is -0.379 e. The Hall–Kier alpha value is -0.810. The van der Waals surface area contributed by atoms with Gasteiger partial charge in [-0.15, -0.1) is 0 Å². The fourth-order valence-electron chi connectivity index (χ4n) is 2.10. The summed E-state index contributed by atoms with van der Waals surface area (Å²) < 4.78 is 11.2. The molecule has 2 aliphatic rings. The van der Waals surface area contributed by atoms with E-state index < -0.39 is 0 Å². The van der Waals surface area contributed by atoms with E-state index in [1.807, 2.05) is 0 Å². The number of ether oxygens (including phenoxy) is 2. The molecule has 0 amide bonds. The third kappa shape index (κ3) is 6.25. The molecular formula is C14H27N3O2. The topological polar surface area (TPSA) is 54.9 Å². The molecule has 2 rings (SSSR count). The lowest BCUT2D eigenvalue weighted by molar-refractivity contribution is 0.117. The van der Waals surface area contributed by atoms with Crippen LogP contribution in [0.3, 0.4) is 0 Å². The van der Waals surface area contributed by atoms with E-state index >= 15 is 0 Å². The molecule has 2 N–H and O–H groups in total. The molecule has 5 heteroatoms. The van der Waals surface area contributed by atoms with Gasteiger partial charge in [0.15, 0.2) is 5.96 Å². The van der Waals surface area contributed by atoms with Crippen molar-refractivity contribution < 1.29 is 9.47 Å². The van der Waals surface area contributed by atoms with Gasteiger partial charge in [0.2, 0.25) is 0 Å². The molecular weight excluding hydrogens is 242 g/mol. The highest BCUT2D eigenvalue weighted by molar-refractivity contribution is 5.79. The van der Waals surface area contributed by atoms with Gasteiger partial charge in [0.05, 0.1) is 19.3 Å². The fourth-order valence-corrected chi connectivity index (χ4v) is 2.10. The van der Waals surface area contributed by atoms with Crippen molar-refractivity contribution in [2.75, 3.05) is 39.5 Å². The molecule has 1 aliphatic carbocycles. The van der Waals surface area contributed by atoms with Crippen LogP contribution in [0.25, 0.3) is 0 Å². The van der Waals surface area contributed by atoms with Crippen LogP contribution in [0.15, 0.2) is 4.99 Å². The van der Waals surface area contributed by atoms with Crippen molar-refractivity contribution in [3.05, 3.63) is 0 Å². The molecule has 0 aromatic heterocycles. The maximum absolute atomic E-state index is 5.59. The molecule has 110 valence electrons. The highest BCUT2D eigenvalue weighted by Crippen LogP contribution is 2.28. The summed E-state index contributed by atoms with van der Waals surface area (Å²) in [5, 5.41) is 6.54. The molecule has 1 atom stereocenters. The predicted octanol–water partition coefficient (Wildman–Crippen LogP) is 1.15. The molecule has 0 spiro atoms. The number of hydrogen-bond donors (Lipinski definition) is 2. The zero-order chi connectivity index (χ0) is 13.3. The van der Waals surface area contributed by atoms with Crippen LogP contribution in [0.5, 0.6) is 0 Å². The van der Waals surface area contributed by atoms with Gasteiger partial charge in [-0.1, -0.05) is 0 Å². The molecule has 0 radical (unpaired) electrons. The first-order valence-electron chi connectivity index (χ1n) is 7.60. The second-order valence-corrected chi connectivity index (χ2v) is 5.30. The molecule has 1 aliphatic heterocycles. The zero-order valence-electron chi connectivity index (χ0n) is 12.0. The standard InChI is InChI=1S/C14H27N3O2/c1-2-15-14(17-10-13-4-3-8-19-13)16-7-9-18-11-12-5-6-12/h12-13H,2-11H2,1H3,(H2,15,16,17). The lowest BCUT2D eigenvalue weighted by atomic mass is 10.2. The molecule has 19 heavy (non-hydrogen) atoms. The number of rotatable bonds is 8. The van der Waals surface area contributed by atoms with E-state index in [0.29, 0.717) is 6.10 Å². The first-order valence-corrected chi connectivity index (χ1v) is 7.60. The molecule has 2 fully saturated rings. The Bertz CT molecular complexity index is 274. The second-order valence-electron chi connectivity index (χ2n) is 5.30. The zero-order valence-corrected chi connectivity index (χ0v) is 12.0. The molecule has 1 heterocycles. The maximum Gasteiger partial charge on any atom is 0.191 e. The maximum atomic E-state index is 5.59. The van der Waals surface area contributed by atoms with Crippen LogP contribution >= 0.6 is 0 Å². The number of aliphatic imine (C=N–C) groups is 1. The SMILES string of the molecule is CCNC(=NCC1CCCO1)NCCOCC1CC1. The fraction of sp³-hybridized carbons (Fsp3) is 0.929. The Morgan fingerprint density at radius 1 is 1.32 bits per heavy atom. The van der Waals surface area contributed by atoms with Gasteiger partial charge in [-0.25, -0.2) is 0 Å². The molecule has 1 saturated heterocycles. The second kappa shape index (κ2) is 8.38. The van der Waals surface area contributed by atoms with Crippen LogP contribution in [0, 0.1) is 5.92 Å². The molecule has 0 bridgehead atoms. The van der Waals surface area contributed by atoms with Gasteiger partial charge in [-0.05, 0) is 38.5 Å². The van der Waals surface area contributed by atoms with Crippen molar-refractivity contribution >= 4 is 5.96 Å². The Morgan fingerprint density at radius 2 is 2.21 bits per heavy atom. The molecule has 0 aromatic carbocycles. The van der Waals surface area contributed by atoms with Crippen molar-refractivity contribution in [1.29, 1.82) is 0 Å². The third-order valence-corrected chi connectivity index (χ3v) is 3.41. The van der Waals surface area contributed by atoms with Crippen LogP contribution in [-0.4, -0.2) is 51.5 Å². The van der Waals surface area contributed by atoms with Gasteiger partial charge >= 0.3 is 0 Å². The minimum atomic E-state index is 0.307. The van der Waals surface area contributed by atoms with E-state index in [2.05, 4.69) is 22.5 Å². The number of nitrogens with zero attached hydrogens (tertiary/aromatic N) is 1. The summed E-state index contributed by atoms with van der Waals surface area (Å²) in [4.78, 5) is 4.55. The molecule has 1 unspecified atom stereocenters. The van der Waals surface area contributed by atoms with Crippen molar-refractivity contribution in [3.8, 4) is 0 Å². The van der Waals surface area contributed by atoms with Crippen molar-refractivity contribution in [2.45, 2.75) is 38.7 Å². The van der Waals surface area contributed by atoms with Crippen molar-refractivity contribution in [2.24, 2.45) is 10.9 Å². The van der Waals surface area contributed by atoms with Crippen molar-refractivity contribution in [1.82, 2.24) is 10.6 Å². The Kier molecular flexibility index (Phi) is 6.44. The average molecular weight is 269 g/mol. The van der Waals surface area contributed by atoms with Gasteiger partial charge < -0.3 is 20.1 Å². The lowest BCUT2D eigenvalue weighted by Crippen LogP contribution is -2.39. The van der Waals surface area contributed by atoms with Gasteiger partial charge in [-0.3, -0.25) is 4.99 Å². The first kappa shape index (κ1) is 14.6. The summed E-state index contributed by atoms with van der Waals surface area (Å²) >= 11 is 0. The Balaban J connectivity index is 1.57. The first-order chi connectivity index (χ1) is 9.38. The Morgan fingerprint density at radius 3 is 2.89 bits per heavy atom. The van der Waals surface area contributed by atoms with Crippen molar-refractivity contribution in [3.63, 3.8) is 0 Å². The van der Waals surface area contributed by atoms with Gasteiger partial charge in [0.25, 0.3) is 0 Å². The monoisotopic (exact) mass is 269 g/mol. The minimum absolute atomic E-state index is 0.307. The van der Waals surface area contributed by atoms with Gasteiger partial charge in [0.1, 0.15) is 0 Å². The van der Waals surface area contributed by atoms with E-state index in [4.69, 9.17) is 9.47 Å². The van der Waals surface area contributed by atoms with Gasteiger partial charge in [-0.2, -0.15) is 0 Å². The summed E-state index contributed by atoms with van der Waals surface area (Å²) in [5.74, 6) is 1.70. The number of hydrogen-bond acceptors (Lipinski definition) is 3. The number of guanidine groups is 1. The largest absolute Gasteiger partial charge is 0.379 e.